The van der Waals surface area contributed by atoms with Crippen LogP contribution in [0.4, 0.5) is 15.3 Å². The molecule has 0 atom stereocenters. The summed E-state index contributed by atoms with van der Waals surface area (Å²) < 4.78 is 51.1. The van der Waals surface area contributed by atoms with E-state index in [2.05, 4.69) is 24.3 Å². The van der Waals surface area contributed by atoms with Gasteiger partial charge < -0.3 is 28.4 Å². The van der Waals surface area contributed by atoms with Gasteiger partial charge in [-0.25, -0.2) is 18.0 Å². The number of rotatable bonds is 9. The van der Waals surface area contributed by atoms with Gasteiger partial charge in [0.15, 0.2) is 14.7 Å². The second kappa shape index (κ2) is 16.7. The van der Waals surface area contributed by atoms with Crippen LogP contribution in [-0.2, 0) is 30.5 Å². The van der Waals surface area contributed by atoms with Crippen molar-refractivity contribution in [2.45, 2.75) is 87.2 Å². The maximum atomic E-state index is 12.3. The Morgan fingerprint density at radius 1 is 0.739 bits per heavy atom. The van der Waals surface area contributed by atoms with E-state index in [0.29, 0.717) is 17.9 Å². The first-order chi connectivity index (χ1) is 21.3. The molecule has 0 N–H and O–H groups in total. The number of nitrogens with zero attached hydrogens (tertiary/aromatic N) is 1. The molecule has 3 aromatic carbocycles. The monoisotopic (exact) mass is 675 g/mol. The Morgan fingerprint density at radius 2 is 1.17 bits per heavy atom. The number of unbranched alkanes of at least 4 members (excludes halogenated alkanes) is 1. The molecule has 46 heavy (non-hydrogen) atoms. The number of hydrogen-bond acceptors (Lipinski definition) is 10. The van der Waals surface area contributed by atoms with Gasteiger partial charge in [-0.3, -0.25) is 0 Å². The molecule has 12 heteroatoms. The normalized spacial score (nSPS) is 11.6. The molecule has 0 aromatic heterocycles. The molecule has 0 aliphatic heterocycles. The van der Waals surface area contributed by atoms with Crippen molar-refractivity contribution in [3.63, 3.8) is 0 Å². The first kappa shape index (κ1) is 38.4. The Morgan fingerprint density at radius 3 is 1.50 bits per heavy atom. The minimum atomic E-state index is -3.94. The predicted octanol–water partition coefficient (Wildman–Crippen LogP) is 7.81. The van der Waals surface area contributed by atoms with E-state index in [9.17, 15) is 22.6 Å². The number of carbonyl (C=O) groups excluding carboxylic acids is 2. The van der Waals surface area contributed by atoms with E-state index in [1.807, 2.05) is 62.3 Å². The van der Waals surface area contributed by atoms with Gasteiger partial charge in [-0.2, -0.15) is 0 Å². The summed E-state index contributed by atoms with van der Waals surface area (Å²) in [4.78, 5) is 29.5. The third-order valence-corrected chi connectivity index (χ3v) is 8.58. The lowest BCUT2D eigenvalue weighted by Gasteiger charge is -2.19. The van der Waals surface area contributed by atoms with E-state index in [0.717, 1.165) is 26.8 Å². The van der Waals surface area contributed by atoms with E-state index >= 15 is 0 Å². The highest BCUT2D eigenvalue weighted by Gasteiger charge is 2.31. The van der Waals surface area contributed by atoms with Crippen molar-refractivity contribution in [3.8, 4) is 11.5 Å². The smallest absolute Gasteiger partial charge is 0.514 e. The van der Waals surface area contributed by atoms with Crippen LogP contribution in [0.5, 0.6) is 11.5 Å². The topological polar surface area (TPSA) is 132 Å². The molecule has 0 aliphatic rings. The first-order valence-corrected chi connectivity index (χ1v) is 17.5. The fourth-order valence-electron chi connectivity index (χ4n) is 3.67. The second-order valence-corrected chi connectivity index (χ2v) is 15.9. The molecule has 0 radical (unpaired) electrons. The van der Waals surface area contributed by atoms with Gasteiger partial charge in [0.1, 0.15) is 22.7 Å². The summed E-state index contributed by atoms with van der Waals surface area (Å²) in [5.41, 5.74) is -0.259. The molecule has 0 saturated heterocycles. The maximum Gasteiger partial charge on any atom is 0.514 e. The Hall–Kier alpha value is -3.74. The number of benzene rings is 3. The molecule has 3 rings (SSSR count). The lowest BCUT2D eigenvalue weighted by atomic mass is 10.2. The minimum absolute atomic E-state index is 0.219. The molecular weight excluding hydrogens is 631 g/mol. The average Bonchev–Trinajstić information content (AvgIpc) is 2.90. The molecule has 0 amide bonds. The average molecular weight is 676 g/mol. The lowest BCUT2D eigenvalue weighted by Crippen LogP contribution is -2.26. The van der Waals surface area contributed by atoms with E-state index in [4.69, 9.17) is 18.9 Å². The van der Waals surface area contributed by atoms with Crippen molar-refractivity contribution in [2.24, 2.45) is 0 Å². The summed E-state index contributed by atoms with van der Waals surface area (Å²) in [6.45, 7) is 12.5. The summed E-state index contributed by atoms with van der Waals surface area (Å²) in [5.74, 6) is 0.532. The zero-order chi connectivity index (χ0) is 34.7. The minimum Gasteiger partial charge on any atom is -0.748 e. The van der Waals surface area contributed by atoms with Crippen molar-refractivity contribution in [2.75, 3.05) is 24.7 Å². The van der Waals surface area contributed by atoms with Crippen molar-refractivity contribution >= 4 is 39.0 Å². The third kappa shape index (κ3) is 14.6. The fourth-order valence-corrected chi connectivity index (χ4v) is 6.44. The first-order valence-electron chi connectivity index (χ1n) is 14.7. The quantitative estimate of drug-likeness (QED) is 0.0958. The molecule has 252 valence electrons. The van der Waals surface area contributed by atoms with Crippen molar-refractivity contribution in [1.29, 1.82) is 0 Å². The van der Waals surface area contributed by atoms with Gasteiger partial charge >= 0.3 is 12.3 Å². The standard InChI is InChI=1S/C30H36NO6S.C4H10O3S/c1-29(2,3)36-27(32)34-22-11-9-13-25(19-22)38(24-17-15-21(16-18-24)31(7)8)26-14-10-12-23(20-26)35-28(33)37-30(4,5)6;1-2-3-4-8(5,6)7/h9-20H,1-8H3;2-4H2,1H3,(H,5,6,7)/q+1;/p-1. The molecule has 0 fully saturated rings. The molecule has 0 bridgehead atoms. The van der Waals surface area contributed by atoms with Gasteiger partial charge in [-0.1, -0.05) is 25.5 Å². The van der Waals surface area contributed by atoms with E-state index < -0.39 is 44.5 Å². The second-order valence-electron chi connectivity index (χ2n) is 12.4. The molecule has 0 spiro atoms. The summed E-state index contributed by atoms with van der Waals surface area (Å²) in [5, 5.41) is 0. The molecular formula is C34H45NO9S2. The molecule has 0 saturated carbocycles. The molecule has 3 aromatic rings. The van der Waals surface area contributed by atoms with Gasteiger partial charge in [0.25, 0.3) is 0 Å². The summed E-state index contributed by atoms with van der Waals surface area (Å²) in [7, 11) is -0.564. The Balaban J connectivity index is 0.000000812. The molecule has 0 unspecified atom stereocenters. The van der Waals surface area contributed by atoms with Crippen LogP contribution >= 0.6 is 0 Å². The van der Waals surface area contributed by atoms with Gasteiger partial charge in [0, 0.05) is 37.7 Å². The largest absolute Gasteiger partial charge is 0.748 e. The Kier molecular flexibility index (Phi) is 14.0. The highest BCUT2D eigenvalue weighted by atomic mass is 32.2. The van der Waals surface area contributed by atoms with Gasteiger partial charge in [-0.05, 0) is 96.5 Å². The fraction of sp³-hybridized carbons (Fsp3) is 0.412. The summed E-state index contributed by atoms with van der Waals surface area (Å²) >= 11 is 0. The van der Waals surface area contributed by atoms with E-state index in [1.54, 1.807) is 53.7 Å². The molecule has 10 nitrogen and oxygen atoms in total. The van der Waals surface area contributed by atoms with Crippen LogP contribution in [-0.4, -0.2) is 56.3 Å². The van der Waals surface area contributed by atoms with Crippen molar-refractivity contribution in [3.05, 3.63) is 72.8 Å². The summed E-state index contributed by atoms with van der Waals surface area (Å²) in [6, 6.07) is 23.0. The van der Waals surface area contributed by atoms with Crippen LogP contribution in [0, 0.1) is 0 Å². The molecule has 0 heterocycles. The number of anilines is 1. The van der Waals surface area contributed by atoms with Crippen LogP contribution < -0.4 is 14.4 Å². The Labute approximate surface area is 276 Å². The van der Waals surface area contributed by atoms with Crippen molar-refractivity contribution in [1.82, 2.24) is 0 Å². The highest BCUT2D eigenvalue weighted by molar-refractivity contribution is 7.97. The molecule has 0 aliphatic carbocycles. The number of carbonyl (C=O) groups is 2. The Bertz CT molecular complexity index is 1470. The number of hydrogen-bond donors (Lipinski definition) is 0. The van der Waals surface area contributed by atoms with Crippen LogP contribution in [0.25, 0.3) is 0 Å². The zero-order valence-electron chi connectivity index (χ0n) is 28.0. The van der Waals surface area contributed by atoms with Crippen molar-refractivity contribution < 1.29 is 41.5 Å². The van der Waals surface area contributed by atoms with Crippen LogP contribution in [0.3, 0.4) is 0 Å². The maximum absolute atomic E-state index is 12.3. The number of ether oxygens (including phenoxy) is 4. The predicted molar refractivity (Wildman–Crippen MR) is 179 cm³/mol. The SMILES string of the molecule is CCCCS(=O)(=O)[O-].CN(C)c1ccc([S+](c2cccc(OC(=O)OC(C)(C)C)c2)c2cccc(OC(=O)OC(C)(C)C)c2)cc1. The lowest BCUT2D eigenvalue weighted by molar-refractivity contribution is 0.0192. The third-order valence-electron chi connectivity index (χ3n) is 5.60. The van der Waals surface area contributed by atoms with Gasteiger partial charge in [0.05, 0.1) is 21.0 Å². The summed E-state index contributed by atoms with van der Waals surface area (Å²) in [6.07, 6.45) is -0.303. The van der Waals surface area contributed by atoms with E-state index in [-0.39, 0.29) is 5.75 Å². The van der Waals surface area contributed by atoms with E-state index in [1.165, 1.54) is 0 Å². The van der Waals surface area contributed by atoms with Crippen LogP contribution in [0.15, 0.2) is 87.5 Å². The van der Waals surface area contributed by atoms with Gasteiger partial charge in [-0.15, -0.1) is 0 Å². The van der Waals surface area contributed by atoms with Crippen LogP contribution in [0.1, 0.15) is 61.3 Å². The van der Waals surface area contributed by atoms with Gasteiger partial charge in [0.2, 0.25) is 0 Å². The zero-order valence-corrected chi connectivity index (χ0v) is 29.6. The van der Waals surface area contributed by atoms with Crippen LogP contribution in [0.2, 0.25) is 0 Å². The highest BCUT2D eigenvalue weighted by Crippen LogP contribution is 2.35.